The molecule has 1 unspecified atom stereocenters. The molecule has 134 valence electrons. The van der Waals surface area contributed by atoms with Gasteiger partial charge in [-0.2, -0.15) is 0 Å². The molecule has 1 aliphatic carbocycles. The number of hydrogen-bond acceptors (Lipinski definition) is 4. The first kappa shape index (κ1) is 17.9. The first-order valence-electron chi connectivity index (χ1n) is 8.86. The van der Waals surface area contributed by atoms with E-state index in [-0.39, 0.29) is 0 Å². The smallest absolute Gasteiger partial charge is 0.240 e. The number of aryl methyl sites for hydroxylation is 1. The maximum absolute atomic E-state index is 12.3. The van der Waals surface area contributed by atoms with Gasteiger partial charge in [-0.25, -0.2) is 13.1 Å². The van der Waals surface area contributed by atoms with Crippen LogP contribution in [-0.4, -0.2) is 34.0 Å². The van der Waals surface area contributed by atoms with E-state index in [1.807, 2.05) is 19.1 Å². The molecule has 1 atom stereocenters. The maximum Gasteiger partial charge on any atom is 0.240 e. The summed E-state index contributed by atoms with van der Waals surface area (Å²) in [7, 11) is -3.42. The third-order valence-electron chi connectivity index (χ3n) is 5.08. The minimum absolute atomic E-state index is 0.324. The number of ether oxygens (including phenoxy) is 2. The number of sulfonamides is 1. The van der Waals surface area contributed by atoms with Gasteiger partial charge < -0.3 is 9.47 Å². The molecule has 1 aliphatic heterocycles. The fraction of sp³-hybridized carbons (Fsp3) is 0.667. The second-order valence-electron chi connectivity index (χ2n) is 6.80. The normalized spacial score (nSPS) is 23.6. The van der Waals surface area contributed by atoms with E-state index >= 15 is 0 Å². The van der Waals surface area contributed by atoms with Crippen molar-refractivity contribution in [1.29, 1.82) is 0 Å². The number of benzene rings is 1. The van der Waals surface area contributed by atoms with Crippen molar-refractivity contribution in [3.05, 3.63) is 29.8 Å². The Bertz CT molecular complexity index is 635. The number of nitrogens with one attached hydrogen (secondary N) is 1. The fourth-order valence-corrected chi connectivity index (χ4v) is 4.83. The summed E-state index contributed by atoms with van der Waals surface area (Å²) >= 11 is 0. The molecule has 1 spiro atoms. The Morgan fingerprint density at radius 1 is 1.17 bits per heavy atom. The molecule has 3 rings (SSSR count). The summed E-state index contributed by atoms with van der Waals surface area (Å²) in [6, 6.07) is 6.92. The molecular formula is C18H27NO4S. The lowest BCUT2D eigenvalue weighted by Crippen LogP contribution is -2.42. The van der Waals surface area contributed by atoms with Gasteiger partial charge in [0.25, 0.3) is 0 Å². The molecule has 2 fully saturated rings. The van der Waals surface area contributed by atoms with Crippen molar-refractivity contribution in [3.63, 3.8) is 0 Å². The molecule has 1 saturated heterocycles. The lowest BCUT2D eigenvalue weighted by molar-refractivity contribution is -0.213. The minimum atomic E-state index is -3.42. The Hall–Kier alpha value is -0.950. The van der Waals surface area contributed by atoms with Crippen LogP contribution in [0.25, 0.3) is 0 Å². The lowest BCUT2D eigenvalue weighted by atomic mass is 9.80. The van der Waals surface area contributed by atoms with Crippen molar-refractivity contribution in [3.8, 4) is 0 Å². The zero-order valence-electron chi connectivity index (χ0n) is 14.3. The summed E-state index contributed by atoms with van der Waals surface area (Å²) in [4.78, 5) is 0.324. The van der Waals surface area contributed by atoms with Gasteiger partial charge in [-0.05, 0) is 44.7 Å². The molecule has 1 N–H and O–H groups in total. The van der Waals surface area contributed by atoms with E-state index in [0.29, 0.717) is 30.6 Å². The van der Waals surface area contributed by atoms with Crippen molar-refractivity contribution in [2.75, 3.05) is 19.8 Å². The standard InChI is InChI=1S/C18H27NO4S/c1-15-7-9-17(10-8-15)24(20,21)19-12-4-6-16-5-2-3-11-18(16)22-13-14-23-18/h7-10,16,19H,2-6,11-14H2,1H3. The first-order valence-corrected chi connectivity index (χ1v) is 10.3. The quantitative estimate of drug-likeness (QED) is 0.799. The Kier molecular flexibility index (Phi) is 5.59. The van der Waals surface area contributed by atoms with Gasteiger partial charge in [-0.3, -0.25) is 0 Å². The van der Waals surface area contributed by atoms with Crippen molar-refractivity contribution < 1.29 is 17.9 Å². The molecule has 1 aromatic rings. The van der Waals surface area contributed by atoms with Gasteiger partial charge in [-0.1, -0.05) is 24.1 Å². The second-order valence-corrected chi connectivity index (χ2v) is 8.57. The summed E-state index contributed by atoms with van der Waals surface area (Å²) in [5.74, 6) is -0.0220. The molecule has 1 saturated carbocycles. The highest BCUT2D eigenvalue weighted by Gasteiger charge is 2.45. The maximum atomic E-state index is 12.3. The topological polar surface area (TPSA) is 64.6 Å². The van der Waals surface area contributed by atoms with Crippen LogP contribution in [0.1, 0.15) is 44.1 Å². The third-order valence-corrected chi connectivity index (χ3v) is 6.56. The predicted molar refractivity (Wildman–Crippen MR) is 92.2 cm³/mol. The molecule has 6 heteroatoms. The second kappa shape index (κ2) is 7.52. The van der Waals surface area contributed by atoms with Crippen molar-refractivity contribution in [2.45, 2.75) is 56.1 Å². The molecule has 5 nitrogen and oxygen atoms in total. The first-order chi connectivity index (χ1) is 11.5. The van der Waals surface area contributed by atoms with Gasteiger partial charge in [0.2, 0.25) is 10.0 Å². The van der Waals surface area contributed by atoms with Crippen LogP contribution >= 0.6 is 0 Å². The predicted octanol–water partition coefficient (Wildman–Crippen LogP) is 2.99. The van der Waals surface area contributed by atoms with Crippen LogP contribution in [0.4, 0.5) is 0 Å². The summed E-state index contributed by atoms with van der Waals surface area (Å²) in [5.41, 5.74) is 1.05. The van der Waals surface area contributed by atoms with E-state index in [4.69, 9.17) is 9.47 Å². The van der Waals surface area contributed by atoms with E-state index in [2.05, 4.69) is 4.72 Å². The third kappa shape index (κ3) is 3.99. The van der Waals surface area contributed by atoms with Crippen LogP contribution in [0.2, 0.25) is 0 Å². The van der Waals surface area contributed by atoms with Crippen LogP contribution in [0.15, 0.2) is 29.2 Å². The van der Waals surface area contributed by atoms with Crippen molar-refractivity contribution >= 4 is 10.0 Å². The molecule has 0 aromatic heterocycles. The van der Waals surface area contributed by atoms with Crippen molar-refractivity contribution in [2.24, 2.45) is 5.92 Å². The van der Waals surface area contributed by atoms with Crippen LogP contribution < -0.4 is 4.72 Å². The minimum Gasteiger partial charge on any atom is -0.347 e. The van der Waals surface area contributed by atoms with Crippen LogP contribution in [0.3, 0.4) is 0 Å². The largest absolute Gasteiger partial charge is 0.347 e. The van der Waals surface area contributed by atoms with Gasteiger partial charge in [0.1, 0.15) is 0 Å². The van der Waals surface area contributed by atoms with E-state index in [9.17, 15) is 8.42 Å². The van der Waals surface area contributed by atoms with E-state index in [1.165, 1.54) is 6.42 Å². The van der Waals surface area contributed by atoms with Crippen LogP contribution in [-0.2, 0) is 19.5 Å². The highest BCUT2D eigenvalue weighted by atomic mass is 32.2. The Morgan fingerprint density at radius 2 is 1.88 bits per heavy atom. The Morgan fingerprint density at radius 3 is 2.58 bits per heavy atom. The van der Waals surface area contributed by atoms with Crippen molar-refractivity contribution in [1.82, 2.24) is 4.72 Å². The number of hydrogen-bond donors (Lipinski definition) is 1. The highest BCUT2D eigenvalue weighted by Crippen LogP contribution is 2.42. The average molecular weight is 353 g/mol. The lowest BCUT2D eigenvalue weighted by Gasteiger charge is -2.39. The van der Waals surface area contributed by atoms with Gasteiger partial charge in [0, 0.05) is 18.9 Å². The fourth-order valence-electron chi connectivity index (χ4n) is 3.76. The van der Waals surface area contributed by atoms with E-state index in [0.717, 1.165) is 37.7 Å². The zero-order valence-corrected chi connectivity index (χ0v) is 15.1. The molecule has 2 aliphatic rings. The van der Waals surface area contributed by atoms with Gasteiger partial charge in [0.15, 0.2) is 5.79 Å². The summed E-state index contributed by atoms with van der Waals surface area (Å²) in [6.45, 7) is 3.74. The summed E-state index contributed by atoms with van der Waals surface area (Å²) in [5, 5.41) is 0. The molecule has 0 amide bonds. The van der Waals surface area contributed by atoms with Gasteiger partial charge in [-0.15, -0.1) is 0 Å². The number of rotatable bonds is 6. The Labute approximate surface area is 144 Å². The van der Waals surface area contributed by atoms with Crippen LogP contribution in [0.5, 0.6) is 0 Å². The summed E-state index contributed by atoms with van der Waals surface area (Å²) < 4.78 is 39.1. The molecular weight excluding hydrogens is 326 g/mol. The summed E-state index contributed by atoms with van der Waals surface area (Å²) in [6.07, 6.45) is 6.14. The van der Waals surface area contributed by atoms with Gasteiger partial charge >= 0.3 is 0 Å². The molecule has 0 radical (unpaired) electrons. The average Bonchev–Trinajstić information content (AvgIpc) is 3.03. The molecule has 0 bridgehead atoms. The monoisotopic (exact) mass is 353 g/mol. The molecule has 1 heterocycles. The Balaban J connectivity index is 1.50. The van der Waals surface area contributed by atoms with E-state index < -0.39 is 15.8 Å². The SMILES string of the molecule is Cc1ccc(S(=O)(=O)NCCCC2CCCCC23OCCO3)cc1. The van der Waals surface area contributed by atoms with Gasteiger partial charge in [0.05, 0.1) is 18.1 Å². The highest BCUT2D eigenvalue weighted by molar-refractivity contribution is 7.89. The molecule has 1 aromatic carbocycles. The molecule has 24 heavy (non-hydrogen) atoms. The van der Waals surface area contributed by atoms with E-state index in [1.54, 1.807) is 12.1 Å². The van der Waals surface area contributed by atoms with Crippen LogP contribution in [0, 0.1) is 12.8 Å². The zero-order chi connectivity index (χ0) is 17.0.